The van der Waals surface area contributed by atoms with Crippen molar-refractivity contribution in [3.63, 3.8) is 0 Å². The maximum atomic E-state index is 12.4. The molecule has 0 atom stereocenters. The minimum atomic E-state index is -3.45. The van der Waals surface area contributed by atoms with Gasteiger partial charge in [-0.25, -0.2) is 8.42 Å². The number of nitrogens with zero attached hydrogens (tertiary/aromatic N) is 2. The standard InChI is InChI=1S/C11H18N4O3S2/c1-13-10(16)7-14-2-4-15(5-3-14)20(17,18)11-6-9(12)8-19-11/h6,8H,2-5,7,12H2,1H3,(H,13,16). The molecule has 7 nitrogen and oxygen atoms in total. The molecule has 1 saturated heterocycles. The maximum absolute atomic E-state index is 12.4. The Hall–Kier alpha value is -1.16. The molecule has 0 unspecified atom stereocenters. The molecule has 0 spiro atoms. The number of thiophene rings is 1. The van der Waals surface area contributed by atoms with Crippen molar-refractivity contribution in [1.82, 2.24) is 14.5 Å². The minimum Gasteiger partial charge on any atom is -0.398 e. The summed E-state index contributed by atoms with van der Waals surface area (Å²) >= 11 is 1.13. The number of carbonyl (C=O) groups excluding carboxylic acids is 1. The van der Waals surface area contributed by atoms with E-state index < -0.39 is 10.0 Å². The van der Waals surface area contributed by atoms with Crippen molar-refractivity contribution in [2.24, 2.45) is 0 Å². The van der Waals surface area contributed by atoms with Gasteiger partial charge in [-0.05, 0) is 6.07 Å². The van der Waals surface area contributed by atoms with Crippen LogP contribution < -0.4 is 11.1 Å². The van der Waals surface area contributed by atoms with E-state index in [9.17, 15) is 13.2 Å². The smallest absolute Gasteiger partial charge is 0.252 e. The molecule has 2 rings (SSSR count). The number of sulfonamides is 1. The van der Waals surface area contributed by atoms with E-state index in [1.807, 2.05) is 4.90 Å². The summed E-state index contributed by atoms with van der Waals surface area (Å²) in [5, 5.41) is 4.18. The van der Waals surface area contributed by atoms with Crippen LogP contribution in [0.1, 0.15) is 0 Å². The van der Waals surface area contributed by atoms with Gasteiger partial charge in [-0.15, -0.1) is 11.3 Å². The van der Waals surface area contributed by atoms with Crippen molar-refractivity contribution in [3.05, 3.63) is 11.4 Å². The number of hydrogen-bond donors (Lipinski definition) is 2. The van der Waals surface area contributed by atoms with E-state index in [-0.39, 0.29) is 10.1 Å². The van der Waals surface area contributed by atoms with E-state index >= 15 is 0 Å². The Bertz CT molecular complexity index is 576. The van der Waals surface area contributed by atoms with Gasteiger partial charge in [0, 0.05) is 44.3 Å². The molecule has 1 aliphatic heterocycles. The zero-order chi connectivity index (χ0) is 14.8. The lowest BCUT2D eigenvalue weighted by Crippen LogP contribution is -2.50. The lowest BCUT2D eigenvalue weighted by atomic mass is 10.3. The molecule has 0 saturated carbocycles. The van der Waals surface area contributed by atoms with Crippen LogP contribution in [0.4, 0.5) is 5.69 Å². The molecule has 20 heavy (non-hydrogen) atoms. The quantitative estimate of drug-likeness (QED) is 0.771. The highest BCUT2D eigenvalue weighted by Gasteiger charge is 2.29. The van der Waals surface area contributed by atoms with E-state index in [2.05, 4.69) is 5.32 Å². The summed E-state index contributed by atoms with van der Waals surface area (Å²) in [5.41, 5.74) is 6.04. The van der Waals surface area contributed by atoms with E-state index in [1.54, 1.807) is 12.4 Å². The Morgan fingerprint density at radius 2 is 2.05 bits per heavy atom. The summed E-state index contributed by atoms with van der Waals surface area (Å²) in [4.78, 5) is 13.2. The van der Waals surface area contributed by atoms with Gasteiger partial charge in [-0.2, -0.15) is 4.31 Å². The van der Waals surface area contributed by atoms with Gasteiger partial charge in [-0.3, -0.25) is 9.69 Å². The first-order valence-electron chi connectivity index (χ1n) is 6.20. The molecule has 1 aliphatic rings. The molecule has 112 valence electrons. The van der Waals surface area contributed by atoms with Crippen LogP contribution in [-0.2, 0) is 14.8 Å². The third kappa shape index (κ3) is 3.29. The van der Waals surface area contributed by atoms with Gasteiger partial charge in [0.1, 0.15) is 4.21 Å². The van der Waals surface area contributed by atoms with Gasteiger partial charge >= 0.3 is 0 Å². The molecule has 1 aromatic heterocycles. The van der Waals surface area contributed by atoms with Gasteiger partial charge in [0.05, 0.1) is 6.54 Å². The second-order valence-corrected chi connectivity index (χ2v) is 7.63. The first-order chi connectivity index (χ1) is 9.43. The Morgan fingerprint density at radius 1 is 1.40 bits per heavy atom. The van der Waals surface area contributed by atoms with Gasteiger partial charge in [0.15, 0.2) is 0 Å². The molecule has 0 radical (unpaired) electrons. The fourth-order valence-electron chi connectivity index (χ4n) is 2.00. The maximum Gasteiger partial charge on any atom is 0.252 e. The van der Waals surface area contributed by atoms with E-state index in [4.69, 9.17) is 5.73 Å². The van der Waals surface area contributed by atoms with Crippen molar-refractivity contribution in [3.8, 4) is 0 Å². The highest BCUT2D eigenvalue weighted by Crippen LogP contribution is 2.25. The molecule has 0 aromatic carbocycles. The summed E-state index contributed by atoms with van der Waals surface area (Å²) < 4.78 is 26.5. The molecule has 3 N–H and O–H groups in total. The zero-order valence-electron chi connectivity index (χ0n) is 11.2. The van der Waals surface area contributed by atoms with Crippen LogP contribution in [0.3, 0.4) is 0 Å². The second kappa shape index (κ2) is 6.08. The third-order valence-corrected chi connectivity index (χ3v) is 6.50. The van der Waals surface area contributed by atoms with Crippen molar-refractivity contribution in [2.75, 3.05) is 45.5 Å². The summed E-state index contributed by atoms with van der Waals surface area (Å²) in [5.74, 6) is -0.0627. The predicted octanol–water partition coefficient (Wildman–Crippen LogP) is -0.617. The Balaban J connectivity index is 1.98. The number of hydrogen-bond acceptors (Lipinski definition) is 6. The Kier molecular flexibility index (Phi) is 4.63. The first-order valence-corrected chi connectivity index (χ1v) is 8.52. The average molecular weight is 318 g/mol. The van der Waals surface area contributed by atoms with Gasteiger partial charge < -0.3 is 11.1 Å². The van der Waals surface area contributed by atoms with Gasteiger partial charge in [-0.1, -0.05) is 0 Å². The summed E-state index contributed by atoms with van der Waals surface area (Å²) in [6, 6.07) is 1.48. The monoisotopic (exact) mass is 318 g/mol. The van der Waals surface area contributed by atoms with Crippen molar-refractivity contribution >= 4 is 33.0 Å². The molecule has 2 heterocycles. The molecule has 1 amide bonds. The van der Waals surface area contributed by atoms with Gasteiger partial charge in [0.25, 0.3) is 10.0 Å². The van der Waals surface area contributed by atoms with E-state index in [1.165, 1.54) is 10.4 Å². The number of anilines is 1. The number of nitrogens with two attached hydrogens (primary N) is 1. The number of likely N-dealkylation sites (N-methyl/N-ethyl adjacent to an activating group) is 1. The van der Waals surface area contributed by atoms with Crippen LogP contribution in [0.2, 0.25) is 0 Å². The molecule has 1 fully saturated rings. The van der Waals surface area contributed by atoms with Crippen LogP contribution >= 0.6 is 11.3 Å². The number of piperazine rings is 1. The molecule has 0 aliphatic carbocycles. The highest BCUT2D eigenvalue weighted by atomic mass is 32.2. The minimum absolute atomic E-state index is 0.0627. The lowest BCUT2D eigenvalue weighted by Gasteiger charge is -2.33. The summed E-state index contributed by atoms with van der Waals surface area (Å²) in [7, 11) is -1.87. The largest absolute Gasteiger partial charge is 0.398 e. The summed E-state index contributed by atoms with van der Waals surface area (Å²) in [6.45, 7) is 2.17. The third-order valence-electron chi connectivity index (χ3n) is 3.17. The number of nitrogen functional groups attached to an aromatic ring is 1. The number of amides is 1. The number of nitrogens with one attached hydrogen (secondary N) is 1. The fraction of sp³-hybridized carbons (Fsp3) is 0.545. The van der Waals surface area contributed by atoms with Crippen molar-refractivity contribution in [2.45, 2.75) is 4.21 Å². The van der Waals surface area contributed by atoms with E-state index in [0.717, 1.165) is 11.3 Å². The number of carbonyl (C=O) groups is 1. The van der Waals surface area contributed by atoms with Gasteiger partial charge in [0.2, 0.25) is 5.91 Å². The SMILES string of the molecule is CNC(=O)CN1CCN(S(=O)(=O)c2cc(N)cs2)CC1. The Labute approximate surface area is 122 Å². The lowest BCUT2D eigenvalue weighted by molar-refractivity contribution is -0.122. The normalized spacial score (nSPS) is 18.1. The first kappa shape index (κ1) is 15.2. The molecular weight excluding hydrogens is 300 g/mol. The predicted molar refractivity (Wildman–Crippen MR) is 78.0 cm³/mol. The second-order valence-electron chi connectivity index (χ2n) is 4.55. The fourth-order valence-corrected chi connectivity index (χ4v) is 4.66. The molecular formula is C11H18N4O3S2. The number of rotatable bonds is 4. The van der Waals surface area contributed by atoms with Crippen LogP contribution in [-0.4, -0.2) is 63.3 Å². The summed E-state index contributed by atoms with van der Waals surface area (Å²) in [6.07, 6.45) is 0. The topological polar surface area (TPSA) is 95.7 Å². The zero-order valence-corrected chi connectivity index (χ0v) is 12.8. The van der Waals surface area contributed by atoms with Crippen molar-refractivity contribution in [1.29, 1.82) is 0 Å². The Morgan fingerprint density at radius 3 is 2.55 bits per heavy atom. The van der Waals surface area contributed by atoms with E-state index in [0.29, 0.717) is 38.4 Å². The average Bonchev–Trinajstić information content (AvgIpc) is 2.86. The molecule has 0 bridgehead atoms. The van der Waals surface area contributed by atoms with Crippen LogP contribution in [0.5, 0.6) is 0 Å². The van der Waals surface area contributed by atoms with Crippen LogP contribution in [0.15, 0.2) is 15.7 Å². The molecule has 9 heteroatoms. The van der Waals surface area contributed by atoms with Crippen LogP contribution in [0.25, 0.3) is 0 Å². The van der Waals surface area contributed by atoms with Crippen LogP contribution in [0, 0.1) is 0 Å². The highest BCUT2D eigenvalue weighted by molar-refractivity contribution is 7.91. The van der Waals surface area contributed by atoms with Crippen molar-refractivity contribution < 1.29 is 13.2 Å². The molecule has 1 aromatic rings.